The molecule has 4 rings (SSSR count). The van der Waals surface area contributed by atoms with Crippen LogP contribution >= 0.6 is 0 Å². The van der Waals surface area contributed by atoms with Crippen molar-refractivity contribution in [2.75, 3.05) is 30.9 Å². The van der Waals surface area contributed by atoms with Crippen molar-refractivity contribution in [3.8, 4) is 11.1 Å². The van der Waals surface area contributed by atoms with Crippen LogP contribution in [0.2, 0.25) is 0 Å². The van der Waals surface area contributed by atoms with Crippen LogP contribution in [0.4, 0.5) is 11.4 Å². The first-order valence-electron chi connectivity index (χ1n) is 10.3. The molecule has 0 unspecified atom stereocenters. The third kappa shape index (κ3) is 4.59. The van der Waals surface area contributed by atoms with Gasteiger partial charge in [-0.25, -0.2) is 0 Å². The van der Waals surface area contributed by atoms with E-state index in [2.05, 4.69) is 16.0 Å². The highest BCUT2D eigenvalue weighted by atomic mass is 16.5. The van der Waals surface area contributed by atoms with Crippen LogP contribution in [0.15, 0.2) is 66.7 Å². The lowest BCUT2D eigenvalue weighted by molar-refractivity contribution is 0.0966. The van der Waals surface area contributed by atoms with Crippen LogP contribution in [-0.4, -0.2) is 32.1 Å². The van der Waals surface area contributed by atoms with Gasteiger partial charge in [0.25, 0.3) is 11.8 Å². The maximum atomic E-state index is 12.8. The van der Waals surface area contributed by atoms with Gasteiger partial charge in [-0.3, -0.25) is 9.59 Å². The highest BCUT2D eigenvalue weighted by Crippen LogP contribution is 2.34. The Morgan fingerprint density at radius 3 is 2.55 bits per heavy atom. The summed E-state index contributed by atoms with van der Waals surface area (Å²) >= 11 is 0. The van der Waals surface area contributed by atoms with Gasteiger partial charge in [-0.1, -0.05) is 36.4 Å². The molecule has 1 aliphatic heterocycles. The van der Waals surface area contributed by atoms with E-state index >= 15 is 0 Å². The van der Waals surface area contributed by atoms with Crippen LogP contribution in [0, 0.1) is 0 Å². The third-order valence-corrected chi connectivity index (χ3v) is 5.30. The maximum absolute atomic E-state index is 12.8. The van der Waals surface area contributed by atoms with Crippen molar-refractivity contribution in [2.45, 2.75) is 13.0 Å². The Kier molecular flexibility index (Phi) is 6.29. The van der Waals surface area contributed by atoms with Gasteiger partial charge in [-0.2, -0.15) is 0 Å². The first-order valence-corrected chi connectivity index (χ1v) is 10.3. The molecule has 1 heterocycles. The van der Waals surface area contributed by atoms with E-state index in [9.17, 15) is 9.59 Å². The van der Waals surface area contributed by atoms with Gasteiger partial charge in [0.15, 0.2) is 0 Å². The zero-order chi connectivity index (χ0) is 21.6. The molecule has 0 aliphatic carbocycles. The third-order valence-electron chi connectivity index (χ3n) is 5.30. The Labute approximate surface area is 181 Å². The average Bonchev–Trinajstić information content (AvgIpc) is 3.20. The van der Waals surface area contributed by atoms with E-state index in [0.29, 0.717) is 30.0 Å². The molecule has 0 bridgehead atoms. The van der Waals surface area contributed by atoms with Crippen molar-refractivity contribution in [2.24, 2.45) is 0 Å². The Morgan fingerprint density at radius 2 is 1.81 bits per heavy atom. The maximum Gasteiger partial charge on any atom is 0.255 e. The van der Waals surface area contributed by atoms with Gasteiger partial charge in [-0.15, -0.1) is 0 Å². The molecule has 0 saturated heterocycles. The summed E-state index contributed by atoms with van der Waals surface area (Å²) in [6, 6.07) is 21.0. The number of amides is 2. The molecule has 0 fully saturated rings. The molecule has 0 radical (unpaired) electrons. The average molecular weight is 415 g/mol. The summed E-state index contributed by atoms with van der Waals surface area (Å²) < 4.78 is 5.04. The van der Waals surface area contributed by atoms with E-state index in [1.54, 1.807) is 25.3 Å². The lowest BCUT2D eigenvalue weighted by Crippen LogP contribution is -2.17. The fourth-order valence-electron chi connectivity index (χ4n) is 3.72. The van der Waals surface area contributed by atoms with Crippen LogP contribution in [-0.2, 0) is 11.3 Å². The first-order chi connectivity index (χ1) is 15.2. The van der Waals surface area contributed by atoms with Crippen molar-refractivity contribution >= 4 is 23.2 Å². The zero-order valence-electron chi connectivity index (χ0n) is 17.4. The molecule has 0 saturated carbocycles. The molecular weight excluding hydrogens is 390 g/mol. The molecule has 6 heteroatoms. The molecule has 31 heavy (non-hydrogen) atoms. The summed E-state index contributed by atoms with van der Waals surface area (Å²) in [5, 5.41) is 9.08. The lowest BCUT2D eigenvalue weighted by atomic mass is 9.95. The monoisotopic (exact) mass is 415 g/mol. The van der Waals surface area contributed by atoms with Crippen molar-refractivity contribution in [1.82, 2.24) is 5.32 Å². The second-order valence-corrected chi connectivity index (χ2v) is 7.37. The molecule has 2 amide bonds. The fraction of sp³-hybridized carbons (Fsp3) is 0.200. The smallest absolute Gasteiger partial charge is 0.255 e. The largest absolute Gasteiger partial charge is 0.385 e. The minimum absolute atomic E-state index is 0.168. The summed E-state index contributed by atoms with van der Waals surface area (Å²) in [6.07, 6.45) is 0.908. The van der Waals surface area contributed by atoms with Gasteiger partial charge in [-0.05, 0) is 53.4 Å². The van der Waals surface area contributed by atoms with Gasteiger partial charge in [0.05, 0.1) is 11.3 Å². The van der Waals surface area contributed by atoms with E-state index in [1.165, 1.54) is 0 Å². The normalized spacial score (nSPS) is 12.2. The predicted octanol–water partition coefficient (Wildman–Crippen LogP) is 4.30. The van der Waals surface area contributed by atoms with Crippen molar-refractivity contribution in [3.63, 3.8) is 0 Å². The topological polar surface area (TPSA) is 79.5 Å². The van der Waals surface area contributed by atoms with Crippen LogP contribution in [0.1, 0.15) is 32.7 Å². The van der Waals surface area contributed by atoms with Gasteiger partial charge >= 0.3 is 0 Å². The van der Waals surface area contributed by atoms with Gasteiger partial charge < -0.3 is 20.7 Å². The highest BCUT2D eigenvalue weighted by Gasteiger charge is 2.26. The summed E-state index contributed by atoms with van der Waals surface area (Å²) in [7, 11) is 1.68. The second-order valence-electron chi connectivity index (χ2n) is 7.37. The zero-order valence-corrected chi connectivity index (χ0v) is 17.4. The Bertz CT molecular complexity index is 1080. The van der Waals surface area contributed by atoms with Crippen molar-refractivity contribution < 1.29 is 14.3 Å². The van der Waals surface area contributed by atoms with Crippen LogP contribution < -0.4 is 16.0 Å². The number of fused-ring (bicyclic) bond motifs is 1. The number of rotatable bonds is 8. The van der Waals surface area contributed by atoms with Crippen LogP contribution in [0.3, 0.4) is 0 Å². The van der Waals surface area contributed by atoms with Gasteiger partial charge in [0.2, 0.25) is 0 Å². The van der Waals surface area contributed by atoms with Crippen LogP contribution in [0.25, 0.3) is 11.1 Å². The number of carbonyl (C=O) groups is 2. The molecule has 0 atom stereocenters. The number of nitrogens with one attached hydrogen (secondary N) is 3. The molecule has 3 N–H and O–H groups in total. The standard InChI is InChI=1S/C25H25N3O3/c1-31-15-5-14-26-19-10-8-18(9-11-19)24(29)28-22-13-12-20(17-6-3-2-4-7-17)21-16-27-25(30)23(21)22/h2-4,6-13,26H,5,14-16H2,1H3,(H,27,30)(H,28,29). The molecule has 0 spiro atoms. The number of methoxy groups -OCH3 is 1. The van der Waals surface area contributed by atoms with E-state index in [0.717, 1.165) is 35.3 Å². The molecule has 1 aliphatic rings. The highest BCUT2D eigenvalue weighted by molar-refractivity contribution is 6.11. The lowest BCUT2D eigenvalue weighted by Gasteiger charge is -2.13. The Balaban J connectivity index is 1.51. The van der Waals surface area contributed by atoms with Gasteiger partial charge in [0, 0.05) is 38.1 Å². The van der Waals surface area contributed by atoms with E-state index in [4.69, 9.17) is 4.74 Å². The number of hydrogen-bond acceptors (Lipinski definition) is 4. The number of carbonyl (C=O) groups excluding carboxylic acids is 2. The second kappa shape index (κ2) is 9.45. The number of anilines is 2. The molecular formula is C25H25N3O3. The van der Waals surface area contributed by atoms with Gasteiger partial charge in [0.1, 0.15) is 0 Å². The molecule has 0 aromatic heterocycles. The minimum Gasteiger partial charge on any atom is -0.385 e. The quantitative estimate of drug-likeness (QED) is 0.480. The fourth-order valence-corrected chi connectivity index (χ4v) is 3.72. The summed E-state index contributed by atoms with van der Waals surface area (Å²) in [5.41, 5.74) is 5.48. The molecule has 6 nitrogen and oxygen atoms in total. The number of ether oxygens (including phenoxy) is 1. The Morgan fingerprint density at radius 1 is 1.03 bits per heavy atom. The summed E-state index contributed by atoms with van der Waals surface area (Å²) in [5.74, 6) is -0.418. The Hall–Kier alpha value is -3.64. The molecule has 3 aromatic carbocycles. The predicted molar refractivity (Wildman–Crippen MR) is 122 cm³/mol. The number of benzene rings is 3. The van der Waals surface area contributed by atoms with E-state index < -0.39 is 0 Å². The minimum atomic E-state index is -0.250. The molecule has 3 aromatic rings. The summed E-state index contributed by atoms with van der Waals surface area (Å²) in [6.45, 7) is 1.95. The number of hydrogen-bond donors (Lipinski definition) is 3. The van der Waals surface area contributed by atoms with E-state index in [-0.39, 0.29) is 11.8 Å². The SMILES string of the molecule is COCCCNc1ccc(C(=O)Nc2ccc(-c3ccccc3)c3c2C(=O)NC3)cc1. The van der Waals surface area contributed by atoms with E-state index in [1.807, 2.05) is 48.5 Å². The molecule has 158 valence electrons. The summed E-state index contributed by atoms with van der Waals surface area (Å²) in [4.78, 5) is 25.3. The van der Waals surface area contributed by atoms with Crippen LogP contribution in [0.5, 0.6) is 0 Å². The van der Waals surface area contributed by atoms with Crippen molar-refractivity contribution in [1.29, 1.82) is 0 Å². The van der Waals surface area contributed by atoms with Crippen molar-refractivity contribution in [3.05, 3.63) is 83.4 Å². The first kappa shape index (κ1) is 20.6.